The van der Waals surface area contributed by atoms with Gasteiger partial charge in [0, 0.05) is 11.8 Å². The van der Waals surface area contributed by atoms with Crippen molar-refractivity contribution in [2.45, 2.75) is 12.8 Å². The molecule has 2 rings (SSSR count). The van der Waals surface area contributed by atoms with Gasteiger partial charge in [0.25, 0.3) is 0 Å². The molecule has 3 N–H and O–H groups in total. The van der Waals surface area contributed by atoms with E-state index in [1.54, 1.807) is 6.07 Å². The fourth-order valence-corrected chi connectivity index (χ4v) is 2.26. The highest BCUT2D eigenvalue weighted by atomic mass is 79.9. The second kappa shape index (κ2) is 5.00. The summed E-state index contributed by atoms with van der Waals surface area (Å²) in [4.78, 5) is 24.2. The van der Waals surface area contributed by atoms with Crippen molar-refractivity contribution in [3.63, 3.8) is 0 Å². The number of aromatic amines is 1. The van der Waals surface area contributed by atoms with E-state index in [0.29, 0.717) is 10.9 Å². The van der Waals surface area contributed by atoms with Crippen molar-refractivity contribution in [1.82, 2.24) is 4.98 Å². The zero-order chi connectivity index (χ0) is 14.2. The maximum Gasteiger partial charge on any atom is 0.352 e. The van der Waals surface area contributed by atoms with Gasteiger partial charge in [0.05, 0.1) is 9.99 Å². The number of aryl methyl sites for hydroxylation is 1. The number of H-pyrrole nitrogens is 1. The minimum atomic E-state index is -1.24. The maximum absolute atomic E-state index is 13.9. The third-order valence-corrected chi connectivity index (χ3v) is 3.39. The first kappa shape index (κ1) is 13.5. The fraction of sp³-hybridized carbons (Fsp3) is 0.167. The molecule has 1 aromatic carbocycles. The van der Waals surface area contributed by atoms with Gasteiger partial charge in [0.15, 0.2) is 5.82 Å². The summed E-state index contributed by atoms with van der Waals surface area (Å²) >= 11 is 3.01. The predicted molar refractivity (Wildman–Crippen MR) is 68.9 cm³/mol. The summed E-state index contributed by atoms with van der Waals surface area (Å²) in [5, 5.41) is 18.1. The van der Waals surface area contributed by atoms with Crippen molar-refractivity contribution >= 4 is 38.8 Å². The molecule has 100 valence electrons. The molecule has 0 amide bonds. The monoisotopic (exact) mass is 329 g/mol. The molecule has 0 unspecified atom stereocenters. The number of carbonyl (C=O) groups is 2. The summed E-state index contributed by atoms with van der Waals surface area (Å²) in [6.45, 7) is 0. The third-order valence-electron chi connectivity index (χ3n) is 2.77. The van der Waals surface area contributed by atoms with E-state index in [1.807, 2.05) is 0 Å². The Morgan fingerprint density at radius 1 is 1.32 bits per heavy atom. The van der Waals surface area contributed by atoms with Crippen LogP contribution in [0, 0.1) is 5.82 Å². The summed E-state index contributed by atoms with van der Waals surface area (Å²) in [6.07, 6.45) is -0.192. The molecule has 0 radical (unpaired) electrons. The quantitative estimate of drug-likeness (QED) is 0.804. The van der Waals surface area contributed by atoms with Crippen LogP contribution in [0.2, 0.25) is 0 Å². The molecule has 2 aromatic rings. The number of carboxylic acids is 2. The van der Waals surface area contributed by atoms with Gasteiger partial charge in [-0.05, 0) is 34.0 Å². The Balaban J connectivity index is 2.64. The average Bonchev–Trinajstić information content (AvgIpc) is 2.70. The number of nitrogens with one attached hydrogen (secondary N) is 1. The van der Waals surface area contributed by atoms with E-state index in [9.17, 15) is 14.0 Å². The molecule has 0 saturated heterocycles. The lowest BCUT2D eigenvalue weighted by atomic mass is 10.1. The van der Waals surface area contributed by atoms with Gasteiger partial charge in [0.2, 0.25) is 0 Å². The van der Waals surface area contributed by atoms with E-state index >= 15 is 0 Å². The smallest absolute Gasteiger partial charge is 0.352 e. The zero-order valence-corrected chi connectivity index (χ0v) is 11.1. The highest BCUT2D eigenvalue weighted by Crippen LogP contribution is 2.29. The lowest BCUT2D eigenvalue weighted by Crippen LogP contribution is -2.04. The largest absolute Gasteiger partial charge is 0.481 e. The molecule has 1 heterocycles. The van der Waals surface area contributed by atoms with E-state index in [2.05, 4.69) is 20.9 Å². The number of halogens is 2. The number of hydrogen-bond donors (Lipinski definition) is 3. The topological polar surface area (TPSA) is 90.4 Å². The van der Waals surface area contributed by atoms with Crippen molar-refractivity contribution in [2.24, 2.45) is 0 Å². The normalized spacial score (nSPS) is 10.8. The summed E-state index contributed by atoms with van der Waals surface area (Å²) in [6, 6.07) is 3.02. The number of aliphatic carboxylic acids is 1. The van der Waals surface area contributed by atoms with Crippen LogP contribution in [-0.4, -0.2) is 27.1 Å². The molecule has 1 aromatic heterocycles. The van der Waals surface area contributed by atoms with E-state index in [0.717, 1.165) is 0 Å². The molecule has 0 aliphatic carbocycles. The number of aromatic nitrogens is 1. The molecule has 5 nitrogen and oxygen atoms in total. The Labute approximate surface area is 115 Å². The Hall–Kier alpha value is -1.89. The van der Waals surface area contributed by atoms with Crippen LogP contribution in [0.3, 0.4) is 0 Å². The van der Waals surface area contributed by atoms with Crippen molar-refractivity contribution in [2.75, 3.05) is 0 Å². The number of rotatable bonds is 4. The van der Waals surface area contributed by atoms with Crippen LogP contribution in [0.4, 0.5) is 4.39 Å². The zero-order valence-electron chi connectivity index (χ0n) is 9.54. The van der Waals surface area contributed by atoms with Crippen molar-refractivity contribution < 1.29 is 24.2 Å². The molecule has 0 atom stereocenters. The van der Waals surface area contributed by atoms with Crippen molar-refractivity contribution in [3.8, 4) is 0 Å². The predicted octanol–water partition coefficient (Wildman–Crippen LogP) is 2.78. The molecule has 19 heavy (non-hydrogen) atoms. The van der Waals surface area contributed by atoms with E-state index < -0.39 is 17.8 Å². The summed E-state index contributed by atoms with van der Waals surface area (Å²) < 4.78 is 14.1. The number of carboxylic acid groups (broad SMARTS) is 2. The SMILES string of the molecule is O=C(O)CCc1c(C(=O)O)[nH]c2c(F)c(Br)ccc12. The molecule has 0 fully saturated rings. The Morgan fingerprint density at radius 2 is 2.00 bits per heavy atom. The Morgan fingerprint density at radius 3 is 2.58 bits per heavy atom. The minimum Gasteiger partial charge on any atom is -0.481 e. The van der Waals surface area contributed by atoms with Gasteiger partial charge in [-0.3, -0.25) is 4.79 Å². The van der Waals surface area contributed by atoms with Gasteiger partial charge in [0.1, 0.15) is 5.69 Å². The molecule has 0 bridgehead atoms. The van der Waals surface area contributed by atoms with Crippen LogP contribution < -0.4 is 0 Å². The van der Waals surface area contributed by atoms with Gasteiger partial charge >= 0.3 is 11.9 Å². The average molecular weight is 330 g/mol. The number of fused-ring (bicyclic) bond motifs is 1. The molecular weight excluding hydrogens is 321 g/mol. The first-order valence-corrected chi connectivity index (χ1v) is 6.14. The van der Waals surface area contributed by atoms with Gasteiger partial charge in [-0.25, -0.2) is 9.18 Å². The molecule has 7 heteroatoms. The number of aromatic carboxylic acids is 1. The number of hydrogen-bond acceptors (Lipinski definition) is 2. The van der Waals surface area contributed by atoms with Crippen molar-refractivity contribution in [1.29, 1.82) is 0 Å². The number of benzene rings is 1. The molecule has 0 saturated carbocycles. The second-order valence-electron chi connectivity index (χ2n) is 3.96. The van der Waals surface area contributed by atoms with Crippen LogP contribution in [0.15, 0.2) is 16.6 Å². The summed E-state index contributed by atoms with van der Waals surface area (Å²) in [7, 11) is 0. The molecular formula is C12H9BrFNO4. The molecule has 0 aliphatic rings. The van der Waals surface area contributed by atoms with E-state index in [1.165, 1.54) is 6.07 Å². The maximum atomic E-state index is 13.9. The van der Waals surface area contributed by atoms with Gasteiger partial charge in [-0.15, -0.1) is 0 Å². The van der Waals surface area contributed by atoms with Crippen LogP contribution in [0.5, 0.6) is 0 Å². The van der Waals surface area contributed by atoms with Gasteiger partial charge in [-0.1, -0.05) is 6.07 Å². The van der Waals surface area contributed by atoms with Crippen molar-refractivity contribution in [3.05, 3.63) is 33.7 Å². The summed E-state index contributed by atoms with van der Waals surface area (Å²) in [5.74, 6) is -2.88. The first-order chi connectivity index (χ1) is 8.91. The molecule has 0 aliphatic heterocycles. The second-order valence-corrected chi connectivity index (χ2v) is 4.82. The van der Waals surface area contributed by atoms with E-state index in [4.69, 9.17) is 10.2 Å². The Bertz CT molecular complexity index is 680. The standard InChI is InChI=1S/C12H9BrFNO4/c13-7-3-1-5-6(2-4-8(16)17)11(12(18)19)15-10(5)9(7)14/h1,3,15H,2,4H2,(H,16,17)(H,18,19). The fourth-order valence-electron chi connectivity index (χ4n) is 1.93. The lowest BCUT2D eigenvalue weighted by Gasteiger charge is -2.00. The van der Waals surface area contributed by atoms with Crippen LogP contribution in [0.1, 0.15) is 22.5 Å². The van der Waals surface area contributed by atoms with Gasteiger partial charge < -0.3 is 15.2 Å². The van der Waals surface area contributed by atoms with E-state index in [-0.39, 0.29) is 28.5 Å². The first-order valence-electron chi connectivity index (χ1n) is 5.35. The van der Waals surface area contributed by atoms with Crippen LogP contribution in [-0.2, 0) is 11.2 Å². The highest BCUT2D eigenvalue weighted by molar-refractivity contribution is 9.10. The summed E-state index contributed by atoms with van der Waals surface area (Å²) in [5.41, 5.74) is 0.191. The minimum absolute atomic E-state index is 0.0258. The van der Waals surface area contributed by atoms with Crippen LogP contribution in [0.25, 0.3) is 10.9 Å². The van der Waals surface area contributed by atoms with Gasteiger partial charge in [-0.2, -0.15) is 0 Å². The lowest BCUT2D eigenvalue weighted by molar-refractivity contribution is -0.136. The third kappa shape index (κ3) is 2.46. The Kier molecular flexibility index (Phi) is 3.57. The highest BCUT2D eigenvalue weighted by Gasteiger charge is 2.20. The van der Waals surface area contributed by atoms with Crippen LogP contribution >= 0.6 is 15.9 Å². The molecule has 0 spiro atoms.